The summed E-state index contributed by atoms with van der Waals surface area (Å²) in [6.45, 7) is 2.58. The van der Waals surface area contributed by atoms with Gasteiger partial charge in [-0.25, -0.2) is 9.78 Å². The minimum atomic E-state index is -0.932. The van der Waals surface area contributed by atoms with E-state index in [0.717, 1.165) is 52.5 Å². The summed E-state index contributed by atoms with van der Waals surface area (Å²) in [4.78, 5) is 19.5. The van der Waals surface area contributed by atoms with Crippen molar-refractivity contribution in [1.29, 1.82) is 0 Å². The van der Waals surface area contributed by atoms with Gasteiger partial charge in [-0.15, -0.1) is 0 Å². The van der Waals surface area contributed by atoms with Crippen LogP contribution >= 0.6 is 0 Å². The summed E-state index contributed by atoms with van der Waals surface area (Å²) in [7, 11) is 1.58. The quantitative estimate of drug-likeness (QED) is 0.564. The molecule has 0 aliphatic rings. The van der Waals surface area contributed by atoms with Gasteiger partial charge in [0, 0.05) is 17.1 Å². The first-order chi connectivity index (χ1) is 12.6. The van der Waals surface area contributed by atoms with Crippen molar-refractivity contribution < 1.29 is 14.6 Å². The number of nitrogens with one attached hydrogen (secondary N) is 1. The lowest BCUT2D eigenvalue weighted by Crippen LogP contribution is -2.02. The molecule has 0 unspecified atom stereocenters. The van der Waals surface area contributed by atoms with Gasteiger partial charge in [-0.05, 0) is 62.1 Å². The molecule has 0 saturated heterocycles. The maximum Gasteiger partial charge on any atom is 0.336 e. The van der Waals surface area contributed by atoms with Crippen molar-refractivity contribution in [2.75, 3.05) is 13.7 Å². The number of hydrogen-bond donors (Lipinski definition) is 3. The van der Waals surface area contributed by atoms with Gasteiger partial charge in [0.05, 0.1) is 23.9 Å². The molecular weight excluding hydrogens is 330 g/mol. The smallest absolute Gasteiger partial charge is 0.336 e. The number of hydrogen-bond acceptors (Lipinski definition) is 4. The summed E-state index contributed by atoms with van der Waals surface area (Å²) in [5.41, 5.74) is 10.4. The first-order valence-electron chi connectivity index (χ1n) is 8.65. The molecule has 1 aromatic carbocycles. The lowest BCUT2D eigenvalue weighted by atomic mass is 9.96. The maximum absolute atomic E-state index is 11.8. The molecule has 6 heteroatoms. The van der Waals surface area contributed by atoms with Gasteiger partial charge in [-0.2, -0.15) is 0 Å². The van der Waals surface area contributed by atoms with Crippen LogP contribution < -0.4 is 10.5 Å². The molecule has 0 amide bonds. The first kappa shape index (κ1) is 17.9. The molecule has 0 bridgehead atoms. The van der Waals surface area contributed by atoms with Gasteiger partial charge in [0.25, 0.3) is 0 Å². The van der Waals surface area contributed by atoms with Gasteiger partial charge < -0.3 is 20.6 Å². The number of H-pyrrole nitrogens is 1. The number of nitrogens with two attached hydrogens (primary N) is 1. The number of pyridine rings is 1. The monoisotopic (exact) mass is 353 g/mol. The van der Waals surface area contributed by atoms with E-state index < -0.39 is 5.97 Å². The minimum Gasteiger partial charge on any atom is -0.481 e. The highest BCUT2D eigenvalue weighted by atomic mass is 16.5. The SMILES string of the molecule is COc1ncccc1-c1[nH]c2c(C)ccc(C(=O)O)c2c1CCCCN. The second-order valence-corrected chi connectivity index (χ2v) is 6.27. The zero-order valence-corrected chi connectivity index (χ0v) is 15.0. The highest BCUT2D eigenvalue weighted by Gasteiger charge is 2.22. The van der Waals surface area contributed by atoms with Crippen molar-refractivity contribution >= 4 is 16.9 Å². The summed E-state index contributed by atoms with van der Waals surface area (Å²) >= 11 is 0. The Bertz CT molecular complexity index is 947. The number of aromatic amines is 1. The molecule has 136 valence electrons. The molecule has 0 spiro atoms. The molecule has 2 aromatic heterocycles. The molecular formula is C20H23N3O3. The number of aryl methyl sites for hydroxylation is 2. The number of rotatable bonds is 7. The third-order valence-corrected chi connectivity index (χ3v) is 4.61. The van der Waals surface area contributed by atoms with Crippen LogP contribution in [-0.4, -0.2) is 34.7 Å². The first-order valence-corrected chi connectivity index (χ1v) is 8.65. The Morgan fingerprint density at radius 3 is 2.81 bits per heavy atom. The third-order valence-electron chi connectivity index (χ3n) is 4.61. The van der Waals surface area contributed by atoms with Crippen molar-refractivity contribution in [2.45, 2.75) is 26.2 Å². The molecule has 0 aliphatic carbocycles. The molecule has 2 heterocycles. The van der Waals surface area contributed by atoms with Crippen molar-refractivity contribution in [3.05, 3.63) is 47.2 Å². The van der Waals surface area contributed by atoms with Gasteiger partial charge in [-0.1, -0.05) is 6.07 Å². The molecule has 4 N–H and O–H groups in total. The Kier molecular flexibility index (Phi) is 5.23. The Hall–Kier alpha value is -2.86. The van der Waals surface area contributed by atoms with Crippen LogP contribution in [0.1, 0.15) is 34.3 Å². The Morgan fingerprint density at radius 2 is 2.12 bits per heavy atom. The Morgan fingerprint density at radius 1 is 1.31 bits per heavy atom. The number of carboxylic acid groups (broad SMARTS) is 1. The average Bonchev–Trinajstić information content (AvgIpc) is 3.02. The van der Waals surface area contributed by atoms with Gasteiger partial charge in [0.15, 0.2) is 0 Å². The standard InChI is InChI=1S/C20H23N3O3/c1-12-8-9-14(20(24)25)16-13(6-3-4-10-21)18(23-17(12)16)15-7-5-11-22-19(15)26-2/h5,7-9,11,23H,3-4,6,10,21H2,1-2H3,(H,24,25). The Labute approximate surface area is 152 Å². The lowest BCUT2D eigenvalue weighted by molar-refractivity contribution is 0.0699. The highest BCUT2D eigenvalue weighted by molar-refractivity contribution is 6.07. The summed E-state index contributed by atoms with van der Waals surface area (Å²) < 4.78 is 5.42. The molecule has 6 nitrogen and oxygen atoms in total. The van der Waals surface area contributed by atoms with Crippen molar-refractivity contribution in [3.63, 3.8) is 0 Å². The lowest BCUT2D eigenvalue weighted by Gasteiger charge is -2.09. The van der Waals surface area contributed by atoms with Crippen molar-refractivity contribution in [1.82, 2.24) is 9.97 Å². The molecule has 0 aliphatic heterocycles. The number of carbonyl (C=O) groups is 1. The van der Waals surface area contributed by atoms with E-state index in [9.17, 15) is 9.90 Å². The summed E-state index contributed by atoms with van der Waals surface area (Å²) in [5, 5.41) is 10.4. The predicted molar refractivity (Wildman–Crippen MR) is 102 cm³/mol. The second kappa shape index (κ2) is 7.58. The van der Waals surface area contributed by atoms with E-state index in [1.54, 1.807) is 19.4 Å². The molecule has 0 radical (unpaired) electrons. The zero-order valence-electron chi connectivity index (χ0n) is 15.0. The highest BCUT2D eigenvalue weighted by Crippen LogP contribution is 2.38. The van der Waals surface area contributed by atoms with Crippen LogP contribution in [0.3, 0.4) is 0 Å². The van der Waals surface area contributed by atoms with Gasteiger partial charge in [0.1, 0.15) is 0 Å². The number of carboxylic acids is 1. The second-order valence-electron chi connectivity index (χ2n) is 6.27. The van der Waals surface area contributed by atoms with Crippen LogP contribution in [0, 0.1) is 6.92 Å². The number of unbranched alkanes of at least 4 members (excludes halogenated alkanes) is 1. The number of aromatic nitrogens is 2. The van der Waals surface area contributed by atoms with E-state index in [1.807, 2.05) is 25.1 Å². The molecule has 3 rings (SSSR count). The van der Waals surface area contributed by atoms with E-state index in [2.05, 4.69) is 9.97 Å². The molecule has 0 saturated carbocycles. The molecule has 26 heavy (non-hydrogen) atoms. The van der Waals surface area contributed by atoms with Crippen LogP contribution in [0.15, 0.2) is 30.5 Å². The van der Waals surface area contributed by atoms with Gasteiger partial charge in [-0.3, -0.25) is 0 Å². The summed E-state index contributed by atoms with van der Waals surface area (Å²) in [6.07, 6.45) is 4.16. The fourth-order valence-electron chi connectivity index (χ4n) is 3.35. The van der Waals surface area contributed by atoms with E-state index in [0.29, 0.717) is 18.0 Å². The average molecular weight is 353 g/mol. The van der Waals surface area contributed by atoms with Crippen LogP contribution in [0.4, 0.5) is 0 Å². The van der Waals surface area contributed by atoms with Crippen LogP contribution in [0.5, 0.6) is 5.88 Å². The Balaban J connectivity index is 2.31. The fraction of sp³-hybridized carbons (Fsp3) is 0.300. The van der Waals surface area contributed by atoms with Crippen LogP contribution in [0.2, 0.25) is 0 Å². The van der Waals surface area contributed by atoms with Gasteiger partial charge in [0.2, 0.25) is 5.88 Å². The number of methoxy groups -OCH3 is 1. The molecule has 0 atom stereocenters. The summed E-state index contributed by atoms with van der Waals surface area (Å²) in [6, 6.07) is 7.28. The minimum absolute atomic E-state index is 0.304. The largest absolute Gasteiger partial charge is 0.481 e. The van der Waals surface area contributed by atoms with Gasteiger partial charge >= 0.3 is 5.97 Å². The van der Waals surface area contributed by atoms with E-state index >= 15 is 0 Å². The third kappa shape index (κ3) is 3.15. The topological polar surface area (TPSA) is 101 Å². The summed E-state index contributed by atoms with van der Waals surface area (Å²) in [5.74, 6) is -0.424. The number of aromatic carboxylic acids is 1. The number of fused-ring (bicyclic) bond motifs is 1. The van der Waals surface area contributed by atoms with Crippen molar-refractivity contribution in [2.24, 2.45) is 5.73 Å². The normalized spacial score (nSPS) is 11.0. The maximum atomic E-state index is 11.8. The molecule has 3 aromatic rings. The fourth-order valence-corrected chi connectivity index (χ4v) is 3.35. The zero-order chi connectivity index (χ0) is 18.7. The number of ether oxygens (including phenoxy) is 1. The number of nitrogens with zero attached hydrogens (tertiary/aromatic N) is 1. The van der Waals surface area contributed by atoms with E-state index in [1.165, 1.54) is 0 Å². The molecule has 0 fully saturated rings. The van der Waals surface area contributed by atoms with Crippen LogP contribution in [0.25, 0.3) is 22.2 Å². The van der Waals surface area contributed by atoms with Crippen molar-refractivity contribution in [3.8, 4) is 17.1 Å². The number of benzene rings is 1. The predicted octanol–water partition coefficient (Wildman–Crippen LogP) is 3.53. The van der Waals surface area contributed by atoms with E-state index in [-0.39, 0.29) is 0 Å². The van der Waals surface area contributed by atoms with Crippen LogP contribution in [-0.2, 0) is 6.42 Å². The van der Waals surface area contributed by atoms with E-state index in [4.69, 9.17) is 10.5 Å².